The van der Waals surface area contributed by atoms with Crippen LogP contribution in [0.4, 0.5) is 5.69 Å². The van der Waals surface area contributed by atoms with Crippen molar-refractivity contribution in [2.75, 3.05) is 24.2 Å². The van der Waals surface area contributed by atoms with Crippen molar-refractivity contribution in [1.82, 2.24) is 4.90 Å². The molecule has 3 heterocycles. The van der Waals surface area contributed by atoms with Crippen LogP contribution in [-0.4, -0.2) is 40.8 Å². The lowest BCUT2D eigenvalue weighted by Crippen LogP contribution is -2.42. The van der Waals surface area contributed by atoms with Crippen molar-refractivity contribution < 1.29 is 14.3 Å². The lowest BCUT2D eigenvalue weighted by atomic mass is 9.94. The Labute approximate surface area is 184 Å². The number of hydrogen-bond acceptors (Lipinski definition) is 7. The first kappa shape index (κ1) is 20.7. The highest BCUT2D eigenvalue weighted by Crippen LogP contribution is 2.40. The van der Waals surface area contributed by atoms with Gasteiger partial charge in [0.25, 0.3) is 5.91 Å². The monoisotopic (exact) mass is 441 g/mol. The number of thioether (sulfide) groups is 1. The smallest absolute Gasteiger partial charge is 0.338 e. The summed E-state index contributed by atoms with van der Waals surface area (Å²) in [5, 5.41) is 5.75. The molecule has 2 aliphatic heterocycles. The van der Waals surface area contributed by atoms with E-state index in [-0.39, 0.29) is 17.9 Å². The number of aliphatic imine (C=N–C) groups is 1. The second-order valence-electron chi connectivity index (χ2n) is 6.97. The number of carbonyl (C=O) groups is 2. The number of nitrogens with zero attached hydrogens (tertiary/aromatic N) is 2. The van der Waals surface area contributed by atoms with E-state index in [9.17, 15) is 9.59 Å². The zero-order valence-electron chi connectivity index (χ0n) is 16.9. The average Bonchev–Trinajstić information content (AvgIpc) is 3.29. The largest absolute Gasteiger partial charge is 0.463 e. The number of rotatable bonds is 5. The maximum atomic E-state index is 12.8. The van der Waals surface area contributed by atoms with E-state index in [0.29, 0.717) is 28.4 Å². The first-order valence-corrected chi connectivity index (χ1v) is 11.8. The fraction of sp³-hybridized carbons (Fsp3) is 0.318. The summed E-state index contributed by atoms with van der Waals surface area (Å²) < 4.78 is 5.35. The molecular formula is C22H23N3O3S2. The molecule has 0 saturated carbocycles. The van der Waals surface area contributed by atoms with Crippen molar-refractivity contribution >= 4 is 45.8 Å². The highest BCUT2D eigenvalue weighted by atomic mass is 32.2. The number of esters is 1. The quantitative estimate of drug-likeness (QED) is 0.682. The van der Waals surface area contributed by atoms with Crippen molar-refractivity contribution in [2.45, 2.75) is 26.3 Å². The van der Waals surface area contributed by atoms with Gasteiger partial charge in [-0.1, -0.05) is 30.0 Å². The molecule has 2 aromatic rings. The van der Waals surface area contributed by atoms with Crippen LogP contribution in [0, 0.1) is 0 Å². The lowest BCUT2D eigenvalue weighted by molar-refractivity contribution is -0.139. The van der Waals surface area contributed by atoms with Crippen molar-refractivity contribution in [2.24, 2.45) is 4.99 Å². The maximum Gasteiger partial charge on any atom is 0.338 e. The van der Waals surface area contributed by atoms with Gasteiger partial charge in [0.05, 0.1) is 28.8 Å². The topological polar surface area (TPSA) is 71.0 Å². The first-order chi connectivity index (χ1) is 14.6. The second kappa shape index (κ2) is 9.06. The summed E-state index contributed by atoms with van der Waals surface area (Å²) in [5.41, 5.74) is 2.97. The number of anilines is 1. The predicted molar refractivity (Wildman–Crippen MR) is 122 cm³/mol. The Kier molecular flexibility index (Phi) is 6.24. The predicted octanol–water partition coefficient (Wildman–Crippen LogP) is 4.69. The fourth-order valence-corrected chi connectivity index (χ4v) is 5.27. The normalized spacial score (nSPS) is 18.5. The Bertz CT molecular complexity index is 997. The van der Waals surface area contributed by atoms with E-state index in [4.69, 9.17) is 4.74 Å². The molecule has 1 unspecified atom stereocenters. The Morgan fingerprint density at radius 2 is 2.07 bits per heavy atom. The third kappa shape index (κ3) is 4.15. The van der Waals surface area contributed by atoms with Gasteiger partial charge in [-0.2, -0.15) is 0 Å². The molecule has 1 fully saturated rings. The van der Waals surface area contributed by atoms with E-state index in [1.165, 1.54) is 11.3 Å². The molecule has 1 amide bonds. The van der Waals surface area contributed by atoms with Gasteiger partial charge in [-0.3, -0.25) is 4.79 Å². The number of thiophene rings is 1. The minimum atomic E-state index is -0.326. The Morgan fingerprint density at radius 3 is 2.77 bits per heavy atom. The van der Waals surface area contributed by atoms with Crippen LogP contribution in [0.5, 0.6) is 0 Å². The van der Waals surface area contributed by atoms with Crippen LogP contribution in [0.3, 0.4) is 0 Å². The highest BCUT2D eigenvalue weighted by Gasteiger charge is 2.37. The fourth-order valence-electron chi connectivity index (χ4n) is 3.63. The van der Waals surface area contributed by atoms with Crippen LogP contribution in [0.15, 0.2) is 58.0 Å². The van der Waals surface area contributed by atoms with Crippen LogP contribution in [0.2, 0.25) is 0 Å². The molecule has 156 valence electrons. The molecule has 1 atom stereocenters. The van der Waals surface area contributed by atoms with Gasteiger partial charge in [0, 0.05) is 18.0 Å². The van der Waals surface area contributed by atoms with Gasteiger partial charge in [0.2, 0.25) is 0 Å². The summed E-state index contributed by atoms with van der Waals surface area (Å²) in [6, 6.07) is 11.1. The molecule has 0 bridgehead atoms. The molecule has 30 heavy (non-hydrogen) atoms. The zero-order chi connectivity index (χ0) is 21.1. The summed E-state index contributed by atoms with van der Waals surface area (Å²) in [5.74, 6) is 0.575. The number of fused-ring (bicyclic) bond motifs is 1. The van der Waals surface area contributed by atoms with Crippen molar-refractivity contribution in [1.29, 1.82) is 0 Å². The number of nitrogens with one attached hydrogen (secondary N) is 1. The van der Waals surface area contributed by atoms with Gasteiger partial charge in [-0.05, 0) is 49.4 Å². The number of benzene rings is 1. The van der Waals surface area contributed by atoms with E-state index in [1.54, 1.807) is 17.8 Å². The average molecular weight is 442 g/mol. The van der Waals surface area contributed by atoms with Crippen LogP contribution in [0.1, 0.15) is 41.5 Å². The minimum absolute atomic E-state index is 0.125. The van der Waals surface area contributed by atoms with Crippen LogP contribution >= 0.6 is 23.1 Å². The molecule has 4 rings (SSSR count). The van der Waals surface area contributed by atoms with Gasteiger partial charge in [-0.25, -0.2) is 9.79 Å². The molecule has 0 radical (unpaired) electrons. The SMILES string of the molecule is CCOC(=O)C1=C(C)N=C2SCCCN2C1c1ccc(NC(=O)c2cccs2)cc1. The van der Waals surface area contributed by atoms with Crippen molar-refractivity contribution in [3.63, 3.8) is 0 Å². The Morgan fingerprint density at radius 1 is 1.27 bits per heavy atom. The molecule has 0 spiro atoms. The molecule has 0 aliphatic carbocycles. The third-order valence-electron chi connectivity index (χ3n) is 4.98. The molecule has 8 heteroatoms. The minimum Gasteiger partial charge on any atom is -0.463 e. The Hall–Kier alpha value is -2.58. The van der Waals surface area contributed by atoms with Crippen LogP contribution in [-0.2, 0) is 9.53 Å². The van der Waals surface area contributed by atoms with E-state index in [0.717, 1.165) is 29.4 Å². The van der Waals surface area contributed by atoms with Crippen LogP contribution in [0.25, 0.3) is 0 Å². The number of allylic oxidation sites excluding steroid dienone is 1. The summed E-state index contributed by atoms with van der Waals surface area (Å²) in [4.78, 5) is 32.6. The summed E-state index contributed by atoms with van der Waals surface area (Å²) >= 11 is 3.13. The first-order valence-electron chi connectivity index (χ1n) is 9.89. The van der Waals surface area contributed by atoms with E-state index >= 15 is 0 Å². The van der Waals surface area contributed by atoms with Crippen molar-refractivity contribution in [3.05, 3.63) is 63.5 Å². The van der Waals surface area contributed by atoms with E-state index < -0.39 is 0 Å². The molecule has 2 aliphatic rings. The summed E-state index contributed by atoms with van der Waals surface area (Å²) in [7, 11) is 0. The molecule has 1 aromatic carbocycles. The lowest BCUT2D eigenvalue weighted by Gasteiger charge is -2.40. The van der Waals surface area contributed by atoms with Gasteiger partial charge in [0.15, 0.2) is 5.17 Å². The van der Waals surface area contributed by atoms with Gasteiger partial charge in [0.1, 0.15) is 0 Å². The number of amides is 1. The molecule has 1 aromatic heterocycles. The summed E-state index contributed by atoms with van der Waals surface area (Å²) in [6.07, 6.45) is 1.03. The maximum absolute atomic E-state index is 12.8. The number of carbonyl (C=O) groups excluding carboxylic acids is 2. The highest BCUT2D eigenvalue weighted by molar-refractivity contribution is 8.13. The third-order valence-corrected chi connectivity index (χ3v) is 6.93. The van der Waals surface area contributed by atoms with Gasteiger partial charge in [-0.15, -0.1) is 11.3 Å². The zero-order valence-corrected chi connectivity index (χ0v) is 18.5. The molecule has 6 nitrogen and oxygen atoms in total. The Balaban J connectivity index is 1.63. The molecule has 1 saturated heterocycles. The standard InChI is InChI=1S/C22H23N3O3S2/c1-3-28-21(27)18-14(2)23-22-25(11-5-13-30-22)19(18)15-7-9-16(10-8-15)24-20(26)17-6-4-12-29-17/h4,6-10,12,19H,3,5,11,13H2,1-2H3,(H,24,26). The van der Waals surface area contributed by atoms with Gasteiger partial charge >= 0.3 is 5.97 Å². The van der Waals surface area contributed by atoms with Crippen molar-refractivity contribution in [3.8, 4) is 0 Å². The number of ether oxygens (including phenoxy) is 1. The number of hydrogen-bond donors (Lipinski definition) is 1. The molecule has 1 N–H and O–H groups in total. The van der Waals surface area contributed by atoms with E-state index in [1.807, 2.05) is 49.6 Å². The van der Waals surface area contributed by atoms with E-state index in [2.05, 4.69) is 15.2 Å². The van der Waals surface area contributed by atoms with Gasteiger partial charge < -0.3 is 15.0 Å². The summed E-state index contributed by atoms with van der Waals surface area (Å²) in [6.45, 7) is 4.83. The number of amidine groups is 1. The molecular weight excluding hydrogens is 418 g/mol. The second-order valence-corrected chi connectivity index (χ2v) is 8.98. The van der Waals surface area contributed by atoms with Crippen LogP contribution < -0.4 is 5.32 Å².